The molecule has 3 heterocycles. The Balaban J connectivity index is 0.000000103. The molecule has 8 heteroatoms. The van der Waals surface area contributed by atoms with Crippen LogP contribution in [0.1, 0.15) is 0 Å². The highest BCUT2D eigenvalue weighted by atomic mass is 79.9. The Morgan fingerprint density at radius 2 is 0.585 bits per heavy atom. The van der Waals surface area contributed by atoms with Gasteiger partial charge < -0.3 is 16.0 Å². The van der Waals surface area contributed by atoms with Gasteiger partial charge in [-0.2, -0.15) is 0 Å². The van der Waals surface area contributed by atoms with Crippen LogP contribution in [0.25, 0.3) is 169 Å². The minimum atomic E-state index is 0.878. The molecule has 0 radical (unpaired) electrons. The molecule has 0 aliphatic heterocycles. The van der Waals surface area contributed by atoms with Crippen molar-refractivity contribution >= 4 is 247 Å². The minimum absolute atomic E-state index is 0.878. The predicted octanol–water partition coefficient (Wildman–Crippen LogP) is 34.4. The maximum Gasteiger partial charge on any atom is 0.0640 e. The van der Waals surface area contributed by atoms with Crippen molar-refractivity contribution in [3.63, 3.8) is 0 Å². The molecule has 118 heavy (non-hydrogen) atoms. The van der Waals surface area contributed by atoms with Crippen LogP contribution in [0.15, 0.2) is 434 Å². The molecule has 3 N–H and O–H groups in total. The van der Waals surface area contributed by atoms with Crippen LogP contribution in [0.2, 0.25) is 0 Å². The van der Waals surface area contributed by atoms with Crippen LogP contribution < -0.4 is 16.0 Å². The standard InChI is InChI=1S/C42H27NS.C26H17NS.C16H11Br.C14H9Br.C12H9NS/c1-3-14-32-28(11-1)13-9-19-33(32)29-23-25-31(26-24-29)43(39-21-10-20-38-37-18-7-8-22-41(37)44-42(38)39)40-27-30-12-2-4-15-34(30)35-16-5-6-17-36(35)40;1-2-9-18-17(8-1)16-24(20-11-4-3-10-19(18)20)27-23-14-7-13-22-21-12-5-6-15-25(21)28-26(22)23;17-14-10-8-13(9-11-14)16-7-3-5-12-4-1-2-6-15(12)16;15-14-9-10-5-1-2-6-11(10)12-7-3-4-8-13(12)14;13-10-6-3-5-9-8-4-1-2-7-11(8)14-12(9)10/h1-27H;1-16,27H;1-11H;1-9H;1-7H,13H2. The number of fused-ring (bicyclic) bond motifs is 20. The second kappa shape index (κ2) is 32.4. The molecule has 0 bridgehead atoms. The summed E-state index contributed by atoms with van der Waals surface area (Å²) < 4.78 is 10.0. The average Bonchev–Trinajstić information content (AvgIpc) is 1.47. The van der Waals surface area contributed by atoms with E-state index in [2.05, 4.69) is 455 Å². The number of nitrogens with zero attached hydrogens (tertiary/aromatic N) is 1. The Morgan fingerprint density at radius 1 is 0.229 bits per heavy atom. The molecule has 0 aliphatic carbocycles. The van der Waals surface area contributed by atoms with Crippen molar-refractivity contribution in [2.75, 3.05) is 16.0 Å². The summed E-state index contributed by atoms with van der Waals surface area (Å²) in [4.78, 5) is 2.47. The lowest BCUT2D eigenvalue weighted by Gasteiger charge is -2.28. The van der Waals surface area contributed by atoms with Crippen molar-refractivity contribution in [1.29, 1.82) is 0 Å². The van der Waals surface area contributed by atoms with Gasteiger partial charge in [0.05, 0.1) is 31.2 Å². The molecular formula is C110H73Br2N3S3. The van der Waals surface area contributed by atoms with E-state index in [1.165, 1.54) is 186 Å². The zero-order valence-electron chi connectivity index (χ0n) is 63.9. The largest absolute Gasteiger partial charge is 0.398 e. The second-order valence-electron chi connectivity index (χ2n) is 29.4. The molecule has 3 aromatic heterocycles. The van der Waals surface area contributed by atoms with Gasteiger partial charge >= 0.3 is 0 Å². The molecule has 0 unspecified atom stereocenters. The summed E-state index contributed by atoms with van der Waals surface area (Å²) in [5.74, 6) is 0. The van der Waals surface area contributed by atoms with Crippen LogP contribution in [0.5, 0.6) is 0 Å². The first-order valence-electron chi connectivity index (χ1n) is 39.5. The summed E-state index contributed by atoms with van der Waals surface area (Å²) in [6.07, 6.45) is 0. The maximum atomic E-state index is 5.93. The molecule has 0 amide bonds. The number of hydrogen-bond donors (Lipinski definition) is 2. The van der Waals surface area contributed by atoms with Crippen molar-refractivity contribution in [3.05, 3.63) is 434 Å². The van der Waals surface area contributed by atoms with Crippen molar-refractivity contribution in [1.82, 2.24) is 0 Å². The minimum Gasteiger partial charge on any atom is -0.398 e. The molecular weight excluding hydrogens is 1620 g/mol. The zero-order valence-corrected chi connectivity index (χ0v) is 69.5. The number of nitrogens with one attached hydrogen (secondary N) is 1. The second-order valence-corrected chi connectivity index (χ2v) is 34.3. The number of nitrogens with two attached hydrogens (primary N) is 1. The Hall–Kier alpha value is -13.3. The number of rotatable bonds is 7. The summed E-state index contributed by atoms with van der Waals surface area (Å²) in [6, 6.07) is 151. The number of benzene rings is 21. The lowest BCUT2D eigenvalue weighted by atomic mass is 9.97. The van der Waals surface area contributed by atoms with Crippen molar-refractivity contribution in [3.8, 4) is 22.3 Å². The summed E-state index contributed by atoms with van der Waals surface area (Å²) >= 11 is 12.6. The van der Waals surface area contributed by atoms with Crippen LogP contribution in [0.3, 0.4) is 0 Å². The van der Waals surface area contributed by atoms with E-state index in [9.17, 15) is 0 Å². The number of thiophene rings is 3. The third kappa shape index (κ3) is 14.2. The van der Waals surface area contributed by atoms with Gasteiger partial charge in [0.2, 0.25) is 0 Å². The lowest BCUT2D eigenvalue weighted by molar-refractivity contribution is 1.32. The van der Waals surface area contributed by atoms with Gasteiger partial charge in [0.25, 0.3) is 0 Å². The summed E-state index contributed by atoms with van der Waals surface area (Å²) in [5, 5.41) is 32.0. The van der Waals surface area contributed by atoms with Gasteiger partial charge in [0, 0.05) is 83.2 Å². The number of anilines is 6. The maximum absolute atomic E-state index is 5.93. The number of nitrogen functional groups attached to an aromatic ring is 1. The highest BCUT2D eigenvalue weighted by molar-refractivity contribution is 9.11. The van der Waals surface area contributed by atoms with E-state index in [0.717, 1.165) is 26.0 Å². The lowest BCUT2D eigenvalue weighted by Crippen LogP contribution is -2.10. The third-order valence-electron chi connectivity index (χ3n) is 22.4. The molecule has 24 rings (SSSR count). The smallest absolute Gasteiger partial charge is 0.0640 e. The summed E-state index contributed by atoms with van der Waals surface area (Å²) in [5.41, 5.74) is 17.7. The van der Waals surface area contributed by atoms with Crippen LogP contribution in [-0.4, -0.2) is 0 Å². The highest BCUT2D eigenvalue weighted by Crippen LogP contribution is 2.49. The van der Waals surface area contributed by atoms with E-state index >= 15 is 0 Å². The van der Waals surface area contributed by atoms with E-state index in [1.54, 1.807) is 11.3 Å². The topological polar surface area (TPSA) is 41.3 Å². The zero-order chi connectivity index (χ0) is 79.0. The molecule has 560 valence electrons. The van der Waals surface area contributed by atoms with Crippen LogP contribution in [-0.2, 0) is 0 Å². The van der Waals surface area contributed by atoms with Crippen molar-refractivity contribution < 1.29 is 0 Å². The quantitative estimate of drug-likeness (QED) is 0.123. The van der Waals surface area contributed by atoms with Crippen molar-refractivity contribution in [2.24, 2.45) is 0 Å². The van der Waals surface area contributed by atoms with E-state index in [1.807, 2.05) is 34.8 Å². The highest BCUT2D eigenvalue weighted by Gasteiger charge is 2.22. The average molecular weight is 1690 g/mol. The van der Waals surface area contributed by atoms with Gasteiger partial charge in [0.15, 0.2) is 0 Å². The molecule has 0 atom stereocenters. The Morgan fingerprint density at radius 3 is 1.14 bits per heavy atom. The van der Waals surface area contributed by atoms with Gasteiger partial charge in [-0.1, -0.05) is 378 Å². The van der Waals surface area contributed by atoms with Gasteiger partial charge in [0.1, 0.15) is 0 Å². The SMILES string of the molecule is Brc1cc2ccccc2c2ccccc12.Brc1ccc(-c2cccc3ccccc23)cc1.Nc1cccc2c1sc1ccccc12.c1ccc2c(-c3ccc(N(c4cc5ccccc5c5ccccc45)c4cccc5c4sc4ccccc45)cc3)cccc2c1.c1ccc2c(c1)cc(Nc1cccc3c1sc1ccccc13)c1ccccc12. The summed E-state index contributed by atoms with van der Waals surface area (Å²) in [6.45, 7) is 0. The van der Waals surface area contributed by atoms with Gasteiger partial charge in [-0.3, -0.25) is 0 Å². The van der Waals surface area contributed by atoms with E-state index < -0.39 is 0 Å². The number of halogens is 2. The summed E-state index contributed by atoms with van der Waals surface area (Å²) in [7, 11) is 0. The van der Waals surface area contributed by atoms with E-state index in [-0.39, 0.29) is 0 Å². The Kier molecular flexibility index (Phi) is 20.2. The fraction of sp³-hybridized carbons (Fsp3) is 0. The molecule has 24 aromatic rings. The normalized spacial score (nSPS) is 11.3. The van der Waals surface area contributed by atoms with Gasteiger partial charge in [-0.15, -0.1) is 34.0 Å². The molecule has 0 spiro atoms. The van der Waals surface area contributed by atoms with Crippen LogP contribution in [0.4, 0.5) is 34.1 Å². The fourth-order valence-corrected chi connectivity index (χ4v) is 21.2. The van der Waals surface area contributed by atoms with E-state index in [0.29, 0.717) is 0 Å². The first-order valence-corrected chi connectivity index (χ1v) is 43.5. The van der Waals surface area contributed by atoms with Crippen LogP contribution in [0, 0.1) is 0 Å². The van der Waals surface area contributed by atoms with E-state index in [4.69, 9.17) is 5.73 Å². The number of hydrogen-bond acceptors (Lipinski definition) is 6. The fourth-order valence-electron chi connectivity index (χ4n) is 16.8. The molecule has 21 aromatic carbocycles. The third-order valence-corrected chi connectivity index (χ3v) is 27.2. The molecule has 3 nitrogen and oxygen atoms in total. The molecule has 0 aliphatic rings. The van der Waals surface area contributed by atoms with Crippen LogP contribution >= 0.6 is 65.9 Å². The van der Waals surface area contributed by atoms with Gasteiger partial charge in [-0.05, 0) is 177 Å². The predicted molar refractivity (Wildman–Crippen MR) is 526 cm³/mol. The monoisotopic (exact) mass is 1690 g/mol. The molecule has 0 saturated heterocycles. The molecule has 0 fully saturated rings. The van der Waals surface area contributed by atoms with Gasteiger partial charge in [-0.25, -0.2) is 0 Å². The first-order chi connectivity index (χ1) is 58.3. The Bertz CT molecular complexity index is 7910. The Labute approximate surface area is 712 Å². The van der Waals surface area contributed by atoms with Crippen molar-refractivity contribution in [2.45, 2.75) is 0 Å². The first kappa shape index (κ1) is 73.6. The molecule has 0 saturated carbocycles.